The van der Waals surface area contributed by atoms with E-state index in [0.717, 1.165) is 35.2 Å². The Bertz CT molecular complexity index is 1420. The molecule has 194 valence electrons. The first-order valence-electron chi connectivity index (χ1n) is 12.7. The Kier molecular flexibility index (Phi) is 6.41. The van der Waals surface area contributed by atoms with Crippen LogP contribution in [0.15, 0.2) is 53.6 Å². The van der Waals surface area contributed by atoms with Crippen LogP contribution in [0, 0.1) is 6.92 Å². The minimum Gasteiger partial charge on any atom is -0.411 e. The summed E-state index contributed by atoms with van der Waals surface area (Å²) in [4.78, 5) is 8.83. The molecule has 3 aromatic heterocycles. The molecule has 0 saturated heterocycles. The van der Waals surface area contributed by atoms with E-state index < -0.39 is 8.32 Å². The first-order chi connectivity index (χ1) is 17.4. The van der Waals surface area contributed by atoms with Crippen molar-refractivity contribution >= 4 is 19.9 Å². The molecule has 4 aromatic rings. The molecule has 0 unspecified atom stereocenters. The van der Waals surface area contributed by atoms with E-state index in [-0.39, 0.29) is 16.7 Å². The van der Waals surface area contributed by atoms with E-state index in [1.165, 1.54) is 0 Å². The molecule has 1 fully saturated rings. The van der Waals surface area contributed by atoms with E-state index in [4.69, 9.17) is 25.6 Å². The van der Waals surface area contributed by atoms with Gasteiger partial charge in [-0.25, -0.2) is 0 Å². The lowest BCUT2D eigenvalue weighted by molar-refractivity contribution is -0.0429. The molecule has 5 rings (SSSR count). The van der Waals surface area contributed by atoms with E-state index in [1.807, 2.05) is 30.5 Å². The highest BCUT2D eigenvalue weighted by atomic mass is 35.5. The number of halogens is 1. The van der Waals surface area contributed by atoms with E-state index in [0.29, 0.717) is 22.2 Å². The summed E-state index contributed by atoms with van der Waals surface area (Å²) in [5.74, 6) is 0.610. The highest BCUT2D eigenvalue weighted by molar-refractivity contribution is 6.74. The fourth-order valence-corrected chi connectivity index (χ4v) is 6.88. The van der Waals surface area contributed by atoms with Crippen LogP contribution in [0.4, 0.5) is 0 Å². The van der Waals surface area contributed by atoms with E-state index in [2.05, 4.69) is 67.5 Å². The molecule has 1 aromatic carbocycles. The quantitative estimate of drug-likeness (QED) is 0.235. The Morgan fingerprint density at radius 2 is 1.84 bits per heavy atom. The molecule has 0 atom stereocenters. The second-order valence-corrected chi connectivity index (χ2v) is 16.9. The maximum Gasteiger partial charge on any atom is 0.192 e. The second kappa shape index (κ2) is 9.18. The summed E-state index contributed by atoms with van der Waals surface area (Å²) >= 11 is 6.53. The van der Waals surface area contributed by atoms with Crippen LogP contribution in [0.1, 0.15) is 52.3 Å². The van der Waals surface area contributed by atoms with Gasteiger partial charge in [0.25, 0.3) is 0 Å². The summed E-state index contributed by atoms with van der Waals surface area (Å²) in [6.45, 7) is 15.8. The third-order valence-corrected chi connectivity index (χ3v) is 12.9. The van der Waals surface area contributed by atoms with Crippen molar-refractivity contribution in [2.24, 2.45) is 0 Å². The first-order valence-corrected chi connectivity index (χ1v) is 15.9. The molecule has 1 aliphatic carbocycles. The molecule has 7 nitrogen and oxygen atoms in total. The summed E-state index contributed by atoms with van der Waals surface area (Å²) in [5.41, 5.74) is 4.61. The Balaban J connectivity index is 1.48. The van der Waals surface area contributed by atoms with E-state index in [1.54, 1.807) is 18.6 Å². The maximum absolute atomic E-state index is 6.79. The smallest absolute Gasteiger partial charge is 0.192 e. The van der Waals surface area contributed by atoms with Crippen LogP contribution in [-0.2, 0) is 4.43 Å². The van der Waals surface area contributed by atoms with Crippen LogP contribution in [0.5, 0.6) is 0 Å². The summed E-state index contributed by atoms with van der Waals surface area (Å²) in [5, 5.41) is 9.99. The second-order valence-electron chi connectivity index (χ2n) is 11.8. The zero-order valence-electron chi connectivity index (χ0n) is 22.5. The average Bonchev–Trinajstić information content (AvgIpc) is 3.40. The van der Waals surface area contributed by atoms with Crippen molar-refractivity contribution in [3.63, 3.8) is 0 Å². The van der Waals surface area contributed by atoms with Crippen LogP contribution >= 0.6 is 11.6 Å². The lowest BCUT2D eigenvalue weighted by Gasteiger charge is -2.52. The Labute approximate surface area is 224 Å². The van der Waals surface area contributed by atoms with Crippen molar-refractivity contribution in [3.05, 3.63) is 59.8 Å². The Hall–Kier alpha value is -2.81. The maximum atomic E-state index is 6.79. The van der Waals surface area contributed by atoms with Crippen LogP contribution in [0.2, 0.25) is 23.2 Å². The largest absolute Gasteiger partial charge is 0.411 e. The van der Waals surface area contributed by atoms with Crippen molar-refractivity contribution in [1.29, 1.82) is 0 Å². The standard InChI is InChI=1S/C28H34ClN5O2Si/c1-18-21(16-32-34(18)19-14-28(5,15-19)36-37(6,7)27(2,3)4)26-24(23-17-30-12-13-31-23)25(33-35-26)20-10-8-9-11-22(20)29/h8-13,16-17,19H,14-15H2,1-7H3. The molecule has 1 aliphatic rings. The van der Waals surface area contributed by atoms with Gasteiger partial charge in [-0.15, -0.1) is 0 Å². The van der Waals surface area contributed by atoms with E-state index >= 15 is 0 Å². The minimum absolute atomic E-state index is 0.125. The Morgan fingerprint density at radius 1 is 1.11 bits per heavy atom. The molecule has 0 radical (unpaired) electrons. The van der Waals surface area contributed by atoms with Gasteiger partial charge in [0.1, 0.15) is 5.69 Å². The minimum atomic E-state index is -1.86. The van der Waals surface area contributed by atoms with Gasteiger partial charge in [0.15, 0.2) is 14.1 Å². The monoisotopic (exact) mass is 535 g/mol. The van der Waals surface area contributed by atoms with Crippen molar-refractivity contribution in [2.75, 3.05) is 0 Å². The van der Waals surface area contributed by atoms with Gasteiger partial charge in [-0.05, 0) is 50.9 Å². The molecular weight excluding hydrogens is 502 g/mol. The zero-order valence-corrected chi connectivity index (χ0v) is 24.3. The van der Waals surface area contributed by atoms with Gasteiger partial charge in [-0.3, -0.25) is 14.6 Å². The summed E-state index contributed by atoms with van der Waals surface area (Å²) in [6.07, 6.45) is 8.74. The lowest BCUT2D eigenvalue weighted by atomic mass is 9.77. The third kappa shape index (κ3) is 4.66. The molecule has 3 heterocycles. The van der Waals surface area contributed by atoms with Gasteiger partial charge in [-0.1, -0.05) is 55.7 Å². The number of aromatic nitrogens is 5. The van der Waals surface area contributed by atoms with Gasteiger partial charge in [0, 0.05) is 23.7 Å². The van der Waals surface area contributed by atoms with Gasteiger partial charge >= 0.3 is 0 Å². The van der Waals surface area contributed by atoms with Crippen molar-refractivity contribution < 1.29 is 8.95 Å². The summed E-state index contributed by atoms with van der Waals surface area (Å²) in [7, 11) is -1.86. The lowest BCUT2D eigenvalue weighted by Crippen LogP contribution is -2.54. The van der Waals surface area contributed by atoms with Gasteiger partial charge in [0.05, 0.1) is 45.9 Å². The average molecular weight is 536 g/mol. The fourth-order valence-electron chi connectivity index (χ4n) is 4.95. The molecule has 9 heteroatoms. The summed E-state index contributed by atoms with van der Waals surface area (Å²) in [6, 6.07) is 7.87. The predicted octanol–water partition coefficient (Wildman–Crippen LogP) is 7.74. The molecule has 0 spiro atoms. The van der Waals surface area contributed by atoms with Gasteiger partial charge < -0.3 is 8.95 Å². The SMILES string of the molecule is Cc1c(-c2onc(-c3ccccc3Cl)c2-c2cnccn2)cnn1C1CC(C)(O[Si](C)(C)C(C)(C)C)C1. The molecule has 0 amide bonds. The molecular formula is C28H34ClN5O2Si. The van der Waals surface area contributed by atoms with Crippen LogP contribution < -0.4 is 0 Å². The highest BCUT2D eigenvalue weighted by Crippen LogP contribution is 2.50. The number of nitrogens with zero attached hydrogens (tertiary/aromatic N) is 5. The zero-order chi connectivity index (χ0) is 26.6. The van der Waals surface area contributed by atoms with Crippen molar-refractivity contribution in [3.8, 4) is 33.8 Å². The van der Waals surface area contributed by atoms with Gasteiger partial charge in [0.2, 0.25) is 0 Å². The summed E-state index contributed by atoms with van der Waals surface area (Å²) < 4.78 is 14.9. The molecule has 0 bridgehead atoms. The highest BCUT2D eigenvalue weighted by Gasteiger charge is 2.50. The molecule has 1 saturated carbocycles. The number of rotatable bonds is 6. The van der Waals surface area contributed by atoms with Crippen molar-refractivity contribution in [1.82, 2.24) is 24.9 Å². The van der Waals surface area contributed by atoms with Crippen LogP contribution in [0.25, 0.3) is 33.8 Å². The topological polar surface area (TPSA) is 78.9 Å². The van der Waals surface area contributed by atoms with Gasteiger partial charge in [-0.2, -0.15) is 5.10 Å². The fraction of sp³-hybridized carbons (Fsp3) is 0.429. The third-order valence-electron chi connectivity index (χ3n) is 7.92. The number of hydrogen-bond donors (Lipinski definition) is 0. The van der Waals surface area contributed by atoms with E-state index in [9.17, 15) is 0 Å². The number of benzene rings is 1. The van der Waals surface area contributed by atoms with Crippen LogP contribution in [-0.4, -0.2) is 38.8 Å². The molecule has 0 aliphatic heterocycles. The van der Waals surface area contributed by atoms with Crippen LogP contribution in [0.3, 0.4) is 0 Å². The predicted molar refractivity (Wildman–Crippen MR) is 149 cm³/mol. The van der Waals surface area contributed by atoms with Crippen molar-refractivity contribution in [2.45, 2.75) is 77.2 Å². The normalized spacial score (nSPS) is 20.2. The Morgan fingerprint density at radius 3 is 2.49 bits per heavy atom. The number of hydrogen-bond acceptors (Lipinski definition) is 6. The first kappa shape index (κ1) is 25.8. The molecule has 0 N–H and O–H groups in total. The molecule has 37 heavy (non-hydrogen) atoms.